The van der Waals surface area contributed by atoms with E-state index in [2.05, 4.69) is 9.80 Å². The third kappa shape index (κ3) is 5.25. The number of hydrogen-bond acceptors (Lipinski definition) is 4. The molecule has 1 fully saturated rings. The average Bonchev–Trinajstić information content (AvgIpc) is 2.67. The molecule has 0 aromatic heterocycles. The predicted molar refractivity (Wildman–Crippen MR) is 101 cm³/mol. The number of benzene rings is 2. The Bertz CT molecular complexity index is 739. The standard InChI is InChI=1S/C21H26F2N2O2/c1-27-20-6-7-21(23)17(12-20)14-24-9-10-25(19(15-24)8-11-26)13-16-2-4-18(22)5-3-16/h2-7,12,19,26H,8-11,13-15H2,1H3. The first kappa shape index (κ1) is 19.7. The summed E-state index contributed by atoms with van der Waals surface area (Å²) in [6.45, 7) is 3.69. The van der Waals surface area contributed by atoms with Crippen LogP contribution in [0.1, 0.15) is 17.5 Å². The number of ether oxygens (including phenoxy) is 1. The minimum absolute atomic E-state index is 0.103. The highest BCUT2D eigenvalue weighted by atomic mass is 19.1. The molecular formula is C21H26F2N2O2. The minimum Gasteiger partial charge on any atom is -0.497 e. The van der Waals surface area contributed by atoms with E-state index in [1.54, 1.807) is 31.4 Å². The molecule has 146 valence electrons. The number of piperazine rings is 1. The Morgan fingerprint density at radius 2 is 1.85 bits per heavy atom. The van der Waals surface area contributed by atoms with E-state index in [0.29, 0.717) is 30.8 Å². The molecular weight excluding hydrogens is 350 g/mol. The van der Waals surface area contributed by atoms with Gasteiger partial charge in [-0.15, -0.1) is 0 Å². The first-order valence-electron chi connectivity index (χ1n) is 9.23. The summed E-state index contributed by atoms with van der Waals surface area (Å²) >= 11 is 0. The van der Waals surface area contributed by atoms with Crippen LogP contribution in [0.2, 0.25) is 0 Å². The normalized spacial score (nSPS) is 18.6. The molecule has 1 heterocycles. The van der Waals surface area contributed by atoms with Crippen molar-refractivity contribution in [1.82, 2.24) is 9.80 Å². The molecule has 3 rings (SSSR count). The van der Waals surface area contributed by atoms with E-state index in [1.165, 1.54) is 18.2 Å². The Morgan fingerprint density at radius 3 is 2.56 bits per heavy atom. The van der Waals surface area contributed by atoms with Crippen molar-refractivity contribution in [1.29, 1.82) is 0 Å². The SMILES string of the molecule is COc1ccc(F)c(CN2CCN(Cc3ccc(F)cc3)C(CCO)C2)c1. The maximum Gasteiger partial charge on any atom is 0.127 e. The van der Waals surface area contributed by atoms with Gasteiger partial charge in [-0.3, -0.25) is 9.80 Å². The van der Waals surface area contributed by atoms with Crippen molar-refractivity contribution in [2.45, 2.75) is 25.6 Å². The van der Waals surface area contributed by atoms with Gasteiger partial charge in [0.05, 0.1) is 7.11 Å². The number of aliphatic hydroxyl groups is 1. The molecule has 2 aromatic rings. The van der Waals surface area contributed by atoms with Gasteiger partial charge in [0.15, 0.2) is 0 Å². The zero-order valence-corrected chi connectivity index (χ0v) is 15.6. The fourth-order valence-corrected chi connectivity index (χ4v) is 3.60. The summed E-state index contributed by atoms with van der Waals surface area (Å²) in [6.07, 6.45) is 0.651. The summed E-state index contributed by atoms with van der Waals surface area (Å²) in [7, 11) is 1.57. The maximum atomic E-state index is 14.1. The number of halogens is 2. The van der Waals surface area contributed by atoms with Crippen molar-refractivity contribution in [2.24, 2.45) is 0 Å². The molecule has 2 aromatic carbocycles. The lowest BCUT2D eigenvalue weighted by atomic mass is 10.1. The van der Waals surface area contributed by atoms with Crippen molar-refractivity contribution in [3.63, 3.8) is 0 Å². The Hall–Kier alpha value is -2.02. The predicted octanol–water partition coefficient (Wildman–Crippen LogP) is 3.04. The first-order chi connectivity index (χ1) is 13.1. The zero-order valence-electron chi connectivity index (χ0n) is 15.6. The quantitative estimate of drug-likeness (QED) is 0.806. The summed E-state index contributed by atoms with van der Waals surface area (Å²) in [6, 6.07) is 11.5. The second kappa shape index (κ2) is 9.26. The monoisotopic (exact) mass is 376 g/mol. The summed E-state index contributed by atoms with van der Waals surface area (Å²) in [5.41, 5.74) is 1.66. The van der Waals surface area contributed by atoms with Crippen LogP contribution in [0.4, 0.5) is 8.78 Å². The Balaban J connectivity index is 1.65. The van der Waals surface area contributed by atoms with E-state index < -0.39 is 0 Å². The minimum atomic E-state index is -0.240. The molecule has 0 radical (unpaired) electrons. The van der Waals surface area contributed by atoms with Gasteiger partial charge in [-0.1, -0.05) is 12.1 Å². The molecule has 1 aliphatic heterocycles. The summed E-state index contributed by atoms with van der Waals surface area (Å²) < 4.78 is 32.5. The van der Waals surface area contributed by atoms with Crippen molar-refractivity contribution < 1.29 is 18.6 Å². The molecule has 27 heavy (non-hydrogen) atoms. The average molecular weight is 376 g/mol. The molecule has 1 saturated heterocycles. The highest BCUT2D eigenvalue weighted by Gasteiger charge is 2.27. The van der Waals surface area contributed by atoms with Crippen LogP contribution in [0, 0.1) is 11.6 Å². The second-order valence-electron chi connectivity index (χ2n) is 6.96. The fraction of sp³-hybridized carbons (Fsp3) is 0.429. The van der Waals surface area contributed by atoms with Crippen molar-refractivity contribution in [3.05, 3.63) is 65.2 Å². The van der Waals surface area contributed by atoms with Crippen LogP contribution in [0.25, 0.3) is 0 Å². The van der Waals surface area contributed by atoms with Crippen LogP contribution >= 0.6 is 0 Å². The molecule has 1 N–H and O–H groups in total. The van der Waals surface area contributed by atoms with Crippen molar-refractivity contribution >= 4 is 0 Å². The number of rotatable bonds is 7. The lowest BCUT2D eigenvalue weighted by molar-refractivity contribution is 0.0494. The molecule has 0 amide bonds. The van der Waals surface area contributed by atoms with Crippen LogP contribution in [0.5, 0.6) is 5.75 Å². The van der Waals surface area contributed by atoms with Gasteiger partial charge >= 0.3 is 0 Å². The fourth-order valence-electron chi connectivity index (χ4n) is 3.60. The van der Waals surface area contributed by atoms with Gasteiger partial charge in [-0.2, -0.15) is 0 Å². The van der Waals surface area contributed by atoms with E-state index in [1.807, 2.05) is 0 Å². The van der Waals surface area contributed by atoms with Gasteiger partial charge in [0, 0.05) is 50.9 Å². The molecule has 4 nitrogen and oxygen atoms in total. The highest BCUT2D eigenvalue weighted by Crippen LogP contribution is 2.22. The van der Waals surface area contributed by atoms with E-state index in [-0.39, 0.29) is 24.3 Å². The van der Waals surface area contributed by atoms with Crippen molar-refractivity contribution in [3.8, 4) is 5.75 Å². The van der Waals surface area contributed by atoms with Crippen LogP contribution in [-0.4, -0.2) is 54.3 Å². The van der Waals surface area contributed by atoms with Crippen molar-refractivity contribution in [2.75, 3.05) is 33.4 Å². The zero-order chi connectivity index (χ0) is 19.2. The van der Waals surface area contributed by atoms with Crippen LogP contribution in [0.15, 0.2) is 42.5 Å². The second-order valence-corrected chi connectivity index (χ2v) is 6.96. The molecule has 0 bridgehead atoms. The van der Waals surface area contributed by atoms with Gasteiger partial charge in [0.2, 0.25) is 0 Å². The lowest BCUT2D eigenvalue weighted by Gasteiger charge is -2.41. The largest absolute Gasteiger partial charge is 0.497 e. The van der Waals surface area contributed by atoms with E-state index in [0.717, 1.165) is 25.2 Å². The third-order valence-electron chi connectivity index (χ3n) is 5.10. The van der Waals surface area contributed by atoms with Gasteiger partial charge in [0.25, 0.3) is 0 Å². The lowest BCUT2D eigenvalue weighted by Crippen LogP contribution is -2.52. The van der Waals surface area contributed by atoms with Gasteiger partial charge < -0.3 is 9.84 Å². The van der Waals surface area contributed by atoms with Crippen LogP contribution < -0.4 is 4.74 Å². The highest BCUT2D eigenvalue weighted by molar-refractivity contribution is 5.29. The first-order valence-corrected chi connectivity index (χ1v) is 9.23. The Morgan fingerprint density at radius 1 is 1.07 bits per heavy atom. The van der Waals surface area contributed by atoms with Crippen LogP contribution in [-0.2, 0) is 13.1 Å². The van der Waals surface area contributed by atoms with Gasteiger partial charge in [-0.05, 0) is 42.3 Å². The Kier molecular flexibility index (Phi) is 6.77. The van der Waals surface area contributed by atoms with E-state index in [4.69, 9.17) is 4.74 Å². The number of hydrogen-bond donors (Lipinski definition) is 1. The van der Waals surface area contributed by atoms with Crippen LogP contribution in [0.3, 0.4) is 0 Å². The topological polar surface area (TPSA) is 35.9 Å². The van der Waals surface area contributed by atoms with E-state index >= 15 is 0 Å². The van der Waals surface area contributed by atoms with Gasteiger partial charge in [-0.25, -0.2) is 8.78 Å². The smallest absolute Gasteiger partial charge is 0.127 e. The molecule has 0 spiro atoms. The number of aliphatic hydroxyl groups excluding tert-OH is 1. The molecule has 0 saturated carbocycles. The number of methoxy groups -OCH3 is 1. The molecule has 0 aliphatic carbocycles. The summed E-state index contributed by atoms with van der Waals surface area (Å²) in [5.74, 6) is 0.173. The number of nitrogens with zero attached hydrogens (tertiary/aromatic N) is 2. The Labute approximate surface area is 159 Å². The van der Waals surface area contributed by atoms with Gasteiger partial charge in [0.1, 0.15) is 17.4 Å². The van der Waals surface area contributed by atoms with E-state index in [9.17, 15) is 13.9 Å². The third-order valence-corrected chi connectivity index (χ3v) is 5.10. The maximum absolute atomic E-state index is 14.1. The molecule has 1 unspecified atom stereocenters. The molecule has 1 aliphatic rings. The summed E-state index contributed by atoms with van der Waals surface area (Å²) in [5, 5.41) is 9.46. The summed E-state index contributed by atoms with van der Waals surface area (Å²) in [4.78, 5) is 4.52. The molecule has 1 atom stereocenters. The molecule has 6 heteroatoms.